The molecular formula is C72H121NO8P+. The van der Waals surface area contributed by atoms with Crippen LogP contribution in [-0.2, 0) is 32.7 Å². The maximum absolute atomic E-state index is 12.9. The molecule has 0 fully saturated rings. The average Bonchev–Trinajstić information content (AvgIpc) is 3.45. The van der Waals surface area contributed by atoms with Crippen molar-refractivity contribution in [2.45, 2.75) is 251 Å². The Morgan fingerprint density at radius 2 is 0.659 bits per heavy atom. The number of likely N-dealkylation sites (N-methyl/N-ethyl adjacent to an activating group) is 1. The van der Waals surface area contributed by atoms with Gasteiger partial charge in [0, 0.05) is 12.8 Å². The molecule has 0 radical (unpaired) electrons. The number of esters is 2. The fourth-order valence-electron chi connectivity index (χ4n) is 8.43. The zero-order chi connectivity index (χ0) is 59.8. The number of hydrogen-bond donors (Lipinski definition) is 1. The highest BCUT2D eigenvalue weighted by Crippen LogP contribution is 2.43. The minimum absolute atomic E-state index is 0.0224. The van der Waals surface area contributed by atoms with Crippen molar-refractivity contribution in [1.29, 1.82) is 0 Å². The molecule has 0 rings (SSSR count). The van der Waals surface area contributed by atoms with E-state index in [1.54, 1.807) is 0 Å². The normalized spacial score (nSPS) is 14.2. The van der Waals surface area contributed by atoms with Gasteiger partial charge in [0.2, 0.25) is 0 Å². The smallest absolute Gasteiger partial charge is 0.462 e. The van der Waals surface area contributed by atoms with Crippen LogP contribution in [0.25, 0.3) is 0 Å². The molecular weight excluding hydrogens is 1040 g/mol. The summed E-state index contributed by atoms with van der Waals surface area (Å²) in [5, 5.41) is 0. The summed E-state index contributed by atoms with van der Waals surface area (Å²) in [7, 11) is 1.45. The number of unbranched alkanes of at least 4 members (excludes halogenated alkanes) is 20. The number of phosphoric ester groups is 1. The molecule has 0 aliphatic heterocycles. The second kappa shape index (κ2) is 61.5. The Kier molecular flexibility index (Phi) is 58.4. The van der Waals surface area contributed by atoms with Crippen molar-refractivity contribution in [2.75, 3.05) is 47.5 Å². The van der Waals surface area contributed by atoms with E-state index in [9.17, 15) is 19.0 Å². The minimum atomic E-state index is -4.40. The summed E-state index contributed by atoms with van der Waals surface area (Å²) in [5.41, 5.74) is 0. The zero-order valence-corrected chi connectivity index (χ0v) is 53.8. The highest BCUT2D eigenvalue weighted by Gasteiger charge is 2.27. The molecule has 0 spiro atoms. The number of hydrogen-bond acceptors (Lipinski definition) is 7. The lowest BCUT2D eigenvalue weighted by atomic mass is 10.0. The van der Waals surface area contributed by atoms with E-state index in [4.69, 9.17) is 18.5 Å². The van der Waals surface area contributed by atoms with E-state index >= 15 is 0 Å². The van der Waals surface area contributed by atoms with E-state index in [-0.39, 0.29) is 32.0 Å². The van der Waals surface area contributed by atoms with Crippen LogP contribution < -0.4 is 0 Å². The molecule has 0 aromatic rings. The molecule has 0 aromatic heterocycles. The Balaban J connectivity index is 4.13. The van der Waals surface area contributed by atoms with Gasteiger partial charge in [0.15, 0.2) is 6.10 Å². The van der Waals surface area contributed by atoms with Gasteiger partial charge in [-0.15, -0.1) is 0 Å². The van der Waals surface area contributed by atoms with Gasteiger partial charge in [-0.2, -0.15) is 0 Å². The second-order valence-corrected chi connectivity index (χ2v) is 23.8. The molecule has 466 valence electrons. The molecule has 82 heavy (non-hydrogen) atoms. The van der Waals surface area contributed by atoms with E-state index in [1.807, 2.05) is 21.1 Å². The number of allylic oxidation sites excluding steroid dienone is 24. The summed E-state index contributed by atoms with van der Waals surface area (Å²) < 4.78 is 34.6. The topological polar surface area (TPSA) is 108 Å². The van der Waals surface area contributed by atoms with Crippen LogP contribution in [-0.4, -0.2) is 74.9 Å². The number of ether oxygens (including phenoxy) is 2. The summed E-state index contributed by atoms with van der Waals surface area (Å²) in [4.78, 5) is 35.8. The van der Waals surface area contributed by atoms with Crippen LogP contribution in [0, 0.1) is 0 Å². The SMILES string of the molecule is CC/C=C\C/C=C\C/C=C\C/C=C\C/C=C\C/C=C\C/C=C\CCCCCCCCCCCCCCCC(=O)OC(COC(=O)CCCCCCCCC/C=C\C/C=C\C/C=C\C/C=C\C/C=C\CC)COP(=O)(O)OCC[N+](C)(C)C. The van der Waals surface area contributed by atoms with E-state index < -0.39 is 26.5 Å². The van der Waals surface area contributed by atoms with Crippen molar-refractivity contribution >= 4 is 19.8 Å². The van der Waals surface area contributed by atoms with Crippen molar-refractivity contribution in [3.63, 3.8) is 0 Å². The molecule has 0 aliphatic rings. The Morgan fingerprint density at radius 3 is 0.976 bits per heavy atom. The third kappa shape index (κ3) is 65.0. The third-order valence-electron chi connectivity index (χ3n) is 13.4. The first-order chi connectivity index (χ1) is 40.0. The molecule has 10 heteroatoms. The molecule has 2 atom stereocenters. The molecule has 0 saturated carbocycles. The van der Waals surface area contributed by atoms with Crippen molar-refractivity contribution < 1.29 is 42.1 Å². The lowest BCUT2D eigenvalue weighted by Crippen LogP contribution is -2.37. The molecule has 0 aliphatic carbocycles. The lowest BCUT2D eigenvalue weighted by molar-refractivity contribution is -0.870. The predicted molar refractivity (Wildman–Crippen MR) is 353 cm³/mol. The van der Waals surface area contributed by atoms with E-state index in [0.29, 0.717) is 17.4 Å². The lowest BCUT2D eigenvalue weighted by Gasteiger charge is -2.24. The standard InChI is InChI=1S/C72H120NO8P/c1-6-8-10-12-14-16-18-20-22-24-26-28-30-31-32-33-34-35-36-37-38-39-40-41-43-45-47-49-51-53-55-57-59-61-63-65-72(75)81-70(69-80-82(76,77)79-67-66-73(3,4)5)68-78-71(74)64-62-60-58-56-54-52-50-48-46-44-42-29-27-25-23-21-19-17-15-13-11-9-7-2/h8-11,14-17,20-23,26-29,31-32,34-35,37-38,44,46,70H,6-7,12-13,18-19,24-25,30,33,36,39-43,45,47-69H2,1-5H3/p+1/b10-8-,11-9-,16-14-,17-15-,22-20-,23-21-,28-26-,29-27-,32-31-,35-34-,38-37-,46-44-. The first kappa shape index (κ1) is 77.9. The van der Waals surface area contributed by atoms with Crippen LogP contribution in [0.5, 0.6) is 0 Å². The third-order valence-corrected chi connectivity index (χ3v) is 14.3. The van der Waals surface area contributed by atoms with Gasteiger partial charge >= 0.3 is 19.8 Å². The summed E-state index contributed by atoms with van der Waals surface area (Å²) in [6.45, 7) is 4.18. The molecule has 0 bridgehead atoms. The predicted octanol–water partition coefficient (Wildman–Crippen LogP) is 21.0. The second-order valence-electron chi connectivity index (χ2n) is 22.4. The Morgan fingerprint density at radius 1 is 0.378 bits per heavy atom. The molecule has 9 nitrogen and oxygen atoms in total. The van der Waals surface area contributed by atoms with E-state index in [0.717, 1.165) is 128 Å². The molecule has 0 amide bonds. The number of rotatable bonds is 58. The molecule has 0 heterocycles. The fraction of sp³-hybridized carbons (Fsp3) is 0.639. The fourth-order valence-corrected chi connectivity index (χ4v) is 9.18. The molecule has 1 N–H and O–H groups in total. The molecule has 0 saturated heterocycles. The van der Waals surface area contributed by atoms with Crippen LogP contribution in [0.3, 0.4) is 0 Å². The van der Waals surface area contributed by atoms with Gasteiger partial charge in [-0.05, 0) is 116 Å². The van der Waals surface area contributed by atoms with Gasteiger partial charge < -0.3 is 18.9 Å². The van der Waals surface area contributed by atoms with Crippen LogP contribution in [0.1, 0.15) is 245 Å². The largest absolute Gasteiger partial charge is 0.472 e. The van der Waals surface area contributed by atoms with Crippen LogP contribution >= 0.6 is 7.82 Å². The first-order valence-corrected chi connectivity index (χ1v) is 34.1. The highest BCUT2D eigenvalue weighted by atomic mass is 31.2. The van der Waals surface area contributed by atoms with Gasteiger partial charge in [0.05, 0.1) is 27.7 Å². The van der Waals surface area contributed by atoms with Gasteiger partial charge in [0.1, 0.15) is 19.8 Å². The average molecular weight is 1160 g/mol. The van der Waals surface area contributed by atoms with E-state index in [1.165, 1.54) is 83.5 Å². The van der Waals surface area contributed by atoms with Crippen LogP contribution in [0.2, 0.25) is 0 Å². The van der Waals surface area contributed by atoms with Crippen molar-refractivity contribution in [1.82, 2.24) is 0 Å². The number of nitrogens with zero attached hydrogens (tertiary/aromatic N) is 1. The maximum atomic E-state index is 12.9. The number of carbonyl (C=O) groups excluding carboxylic acids is 2. The van der Waals surface area contributed by atoms with Crippen LogP contribution in [0.4, 0.5) is 0 Å². The monoisotopic (exact) mass is 1160 g/mol. The minimum Gasteiger partial charge on any atom is -0.462 e. The van der Waals surface area contributed by atoms with Gasteiger partial charge in [-0.25, -0.2) is 4.57 Å². The Labute approximate surface area is 503 Å². The number of carbonyl (C=O) groups is 2. The first-order valence-electron chi connectivity index (χ1n) is 32.6. The molecule has 2 unspecified atom stereocenters. The zero-order valence-electron chi connectivity index (χ0n) is 52.9. The van der Waals surface area contributed by atoms with Gasteiger partial charge in [0.25, 0.3) is 0 Å². The Hall–Kier alpha value is -4.11. The quantitative estimate of drug-likeness (QED) is 0.0211. The maximum Gasteiger partial charge on any atom is 0.472 e. The van der Waals surface area contributed by atoms with Crippen molar-refractivity contribution in [3.05, 3.63) is 146 Å². The number of quaternary nitrogens is 1. The number of phosphoric acid groups is 1. The summed E-state index contributed by atoms with van der Waals surface area (Å²) in [6.07, 6.45) is 90.7. The van der Waals surface area contributed by atoms with Gasteiger partial charge in [-0.3, -0.25) is 18.6 Å². The molecule has 0 aromatic carbocycles. The highest BCUT2D eigenvalue weighted by molar-refractivity contribution is 7.47. The Bertz CT molecular complexity index is 1890. The van der Waals surface area contributed by atoms with Crippen molar-refractivity contribution in [3.8, 4) is 0 Å². The summed E-state index contributed by atoms with van der Waals surface area (Å²) in [5.74, 6) is -0.817. The van der Waals surface area contributed by atoms with Gasteiger partial charge in [-0.1, -0.05) is 262 Å². The summed E-state index contributed by atoms with van der Waals surface area (Å²) in [6, 6.07) is 0. The van der Waals surface area contributed by atoms with E-state index in [2.05, 4.69) is 160 Å². The van der Waals surface area contributed by atoms with Crippen molar-refractivity contribution in [2.24, 2.45) is 0 Å². The van der Waals surface area contributed by atoms with Crippen LogP contribution in [0.15, 0.2) is 146 Å². The summed E-state index contributed by atoms with van der Waals surface area (Å²) >= 11 is 0.